The van der Waals surface area contributed by atoms with Crippen LogP contribution in [0.25, 0.3) is 0 Å². The van der Waals surface area contributed by atoms with Crippen molar-refractivity contribution in [2.75, 3.05) is 0 Å². The monoisotopic (exact) mass is 285 g/mol. The first kappa shape index (κ1) is 22.5. The molecule has 0 heterocycles. The first-order valence-corrected chi connectivity index (χ1v) is 3.02. The van der Waals surface area contributed by atoms with Crippen molar-refractivity contribution >= 4 is 16.4 Å². The second-order valence-corrected chi connectivity index (χ2v) is 1.86. The van der Waals surface area contributed by atoms with Crippen molar-refractivity contribution in [2.24, 2.45) is 0 Å². The molecule has 0 bridgehead atoms. The molecule has 0 aliphatic carbocycles. The van der Waals surface area contributed by atoms with Crippen molar-refractivity contribution in [2.45, 2.75) is 6.92 Å². The van der Waals surface area contributed by atoms with E-state index in [1.807, 2.05) is 0 Å². The zero-order valence-electron chi connectivity index (χ0n) is 5.48. The van der Waals surface area contributed by atoms with E-state index in [0.717, 1.165) is 6.92 Å². The Bertz CT molecular complexity index is 163. The maximum absolute atomic E-state index is 9.00. The van der Waals surface area contributed by atoms with Gasteiger partial charge in [0.05, 0.1) is 0 Å². The van der Waals surface area contributed by atoms with Crippen LogP contribution in [0, 0.1) is 0 Å². The number of hydrogen-bond donors (Lipinski definition) is 3. The molecule has 0 unspecified atom stereocenters. The number of carboxylic acid groups (broad SMARTS) is 1. The van der Waals surface area contributed by atoms with Gasteiger partial charge in [0, 0.05) is 43.5 Å². The van der Waals surface area contributed by atoms with E-state index < -0.39 is 16.4 Å². The molecule has 0 aliphatic rings. The quantitative estimate of drug-likeness (QED) is 0.406. The minimum Gasteiger partial charge on any atom is -0.481 e. The Morgan fingerprint density at radius 3 is 1.27 bits per heavy atom. The number of rotatable bonds is 0. The van der Waals surface area contributed by atoms with Crippen LogP contribution in [0.5, 0.6) is 0 Å². The maximum atomic E-state index is 9.00. The zero-order chi connectivity index (χ0) is 8.08. The summed E-state index contributed by atoms with van der Waals surface area (Å²) >= 11 is 0. The van der Waals surface area contributed by atoms with E-state index in [1.165, 1.54) is 0 Å². The van der Waals surface area contributed by atoms with Crippen LogP contribution < -0.4 is 0 Å². The van der Waals surface area contributed by atoms with Crippen LogP contribution in [-0.2, 0) is 51.7 Å². The van der Waals surface area contributed by atoms with Gasteiger partial charge >= 0.3 is 10.4 Å². The summed E-state index contributed by atoms with van der Waals surface area (Å²) in [6.07, 6.45) is 0. The van der Waals surface area contributed by atoms with Crippen LogP contribution in [0.4, 0.5) is 0 Å². The number of aliphatic carboxylic acids is 1. The smallest absolute Gasteiger partial charge is 0.394 e. The molecule has 0 saturated carbocycles. The Hall–Kier alpha value is 0.483. The zero-order valence-corrected chi connectivity index (χ0v) is 10.2. The molecule has 69 valence electrons. The average molecular weight is 287 g/mol. The summed E-state index contributed by atoms with van der Waals surface area (Å²) in [5, 5.41) is 7.42. The predicted molar refractivity (Wildman–Crippen MR) is 27.5 cm³/mol. The van der Waals surface area contributed by atoms with Gasteiger partial charge in [0.25, 0.3) is 5.97 Å². The molecule has 1 radical (unpaired) electrons. The van der Waals surface area contributed by atoms with E-state index in [4.69, 9.17) is 27.4 Å². The van der Waals surface area contributed by atoms with Gasteiger partial charge in [-0.2, -0.15) is 8.42 Å². The van der Waals surface area contributed by atoms with Gasteiger partial charge in [-0.05, 0) is 0 Å². The summed E-state index contributed by atoms with van der Waals surface area (Å²) in [7, 11) is -4.67. The summed E-state index contributed by atoms with van der Waals surface area (Å²) in [6, 6.07) is 0. The summed E-state index contributed by atoms with van der Waals surface area (Å²) < 4.78 is 31.6. The van der Waals surface area contributed by atoms with Crippen LogP contribution in [0.1, 0.15) is 6.92 Å². The number of carbonyl (C=O) groups is 1. The summed E-state index contributed by atoms with van der Waals surface area (Å²) in [4.78, 5) is 9.00. The van der Waals surface area contributed by atoms with E-state index in [-0.39, 0.29) is 36.5 Å². The normalized spacial score (nSPS) is 7.55. The molecule has 0 aromatic rings. The Kier molecular flexibility index (Phi) is 21.5. The van der Waals surface area contributed by atoms with Gasteiger partial charge in [-0.25, -0.2) is 0 Å². The van der Waals surface area contributed by atoms with Crippen LogP contribution in [0.3, 0.4) is 0 Å². The van der Waals surface area contributed by atoms with Gasteiger partial charge in [-0.1, -0.05) is 0 Å². The molecule has 0 atom stereocenters. The van der Waals surface area contributed by atoms with Crippen LogP contribution in [-0.4, -0.2) is 28.6 Å². The van der Waals surface area contributed by atoms with Crippen molar-refractivity contribution in [1.82, 2.24) is 0 Å². The molecule has 3 N–H and O–H groups in total. The third-order valence-electron chi connectivity index (χ3n) is 0. The third-order valence-corrected chi connectivity index (χ3v) is 0. The van der Waals surface area contributed by atoms with Crippen LogP contribution in [0.15, 0.2) is 0 Å². The van der Waals surface area contributed by atoms with Gasteiger partial charge in [-0.15, -0.1) is 0 Å². The fraction of sp³-hybridized carbons (Fsp3) is 0.500. The maximum Gasteiger partial charge on any atom is 0.394 e. The second kappa shape index (κ2) is 10.5. The predicted octanol–water partition coefficient (Wildman–Crippen LogP) is -0.567. The molecule has 6 nitrogen and oxygen atoms in total. The molecule has 0 amide bonds. The SMILES string of the molecule is CC(=O)O.O=S(=O)(O)O.[Cu].[Zn]. The Morgan fingerprint density at radius 1 is 1.27 bits per heavy atom. The number of carboxylic acids is 1. The molecule has 0 saturated heterocycles. The first-order chi connectivity index (χ1) is 3.73. The molecule has 0 aromatic carbocycles. The molecule has 0 rings (SSSR count). The Morgan fingerprint density at radius 2 is 1.27 bits per heavy atom. The molecule has 11 heavy (non-hydrogen) atoms. The van der Waals surface area contributed by atoms with Gasteiger partial charge in [0.15, 0.2) is 0 Å². The minimum absolute atomic E-state index is 0. The minimum atomic E-state index is -4.67. The van der Waals surface area contributed by atoms with Crippen LogP contribution >= 0.6 is 0 Å². The van der Waals surface area contributed by atoms with E-state index in [9.17, 15) is 0 Å². The van der Waals surface area contributed by atoms with Crippen molar-refractivity contribution in [3.05, 3.63) is 0 Å². The Labute approximate surface area is 87.2 Å². The van der Waals surface area contributed by atoms with Gasteiger partial charge in [-0.3, -0.25) is 13.9 Å². The molecule has 9 heteroatoms. The van der Waals surface area contributed by atoms with Gasteiger partial charge in [0.2, 0.25) is 0 Å². The molecular formula is C2H6CuO6SZn. The summed E-state index contributed by atoms with van der Waals surface area (Å²) in [6.45, 7) is 1.08. The Balaban J connectivity index is -0.0000000383. The van der Waals surface area contributed by atoms with Crippen molar-refractivity contribution in [3.8, 4) is 0 Å². The summed E-state index contributed by atoms with van der Waals surface area (Å²) in [5.41, 5.74) is 0. The molecular weight excluding hydrogens is 281 g/mol. The molecule has 0 aromatic heterocycles. The summed E-state index contributed by atoms with van der Waals surface area (Å²) in [5.74, 6) is -0.833. The molecule has 0 aliphatic heterocycles. The largest absolute Gasteiger partial charge is 0.481 e. The fourth-order valence-electron chi connectivity index (χ4n) is 0. The number of hydrogen-bond acceptors (Lipinski definition) is 3. The van der Waals surface area contributed by atoms with Crippen molar-refractivity contribution in [1.29, 1.82) is 0 Å². The first-order valence-electron chi connectivity index (χ1n) is 1.63. The topological polar surface area (TPSA) is 112 Å². The van der Waals surface area contributed by atoms with E-state index >= 15 is 0 Å². The second-order valence-electron chi connectivity index (χ2n) is 0.967. The molecule has 0 spiro atoms. The van der Waals surface area contributed by atoms with E-state index in [1.54, 1.807) is 0 Å². The van der Waals surface area contributed by atoms with E-state index in [2.05, 4.69) is 0 Å². The van der Waals surface area contributed by atoms with Gasteiger partial charge < -0.3 is 5.11 Å². The fourth-order valence-corrected chi connectivity index (χ4v) is 0. The van der Waals surface area contributed by atoms with Crippen LogP contribution in [0.2, 0.25) is 0 Å². The standard InChI is InChI=1S/C2H4O2.Cu.H2O4S.Zn/c1-2(3)4;;1-5(2,3)4;/h1H3,(H,3,4);;(H2,1,2,3,4);. The van der Waals surface area contributed by atoms with Crippen molar-refractivity contribution < 1.29 is 64.0 Å². The molecule has 0 fully saturated rings. The average Bonchev–Trinajstić information content (AvgIpc) is 1.19. The van der Waals surface area contributed by atoms with Crippen molar-refractivity contribution in [3.63, 3.8) is 0 Å². The van der Waals surface area contributed by atoms with Gasteiger partial charge in [0.1, 0.15) is 0 Å². The van der Waals surface area contributed by atoms with E-state index in [0.29, 0.717) is 0 Å². The third kappa shape index (κ3) is 3240.